The van der Waals surface area contributed by atoms with Gasteiger partial charge in [-0.3, -0.25) is 10.1 Å². The number of hydrogen-bond donors (Lipinski definition) is 1. The summed E-state index contributed by atoms with van der Waals surface area (Å²) in [6.45, 7) is 4.01. The monoisotopic (exact) mass is 487 g/mol. The highest BCUT2D eigenvalue weighted by molar-refractivity contribution is 9.10. The number of carbonyl (C=O) groups is 1. The number of halogens is 1. The number of anilines is 1. The molecule has 0 atom stereocenters. The van der Waals surface area contributed by atoms with Gasteiger partial charge >= 0.3 is 0 Å². The van der Waals surface area contributed by atoms with Crippen LogP contribution in [-0.4, -0.2) is 15.9 Å². The van der Waals surface area contributed by atoms with Crippen molar-refractivity contribution in [2.24, 2.45) is 0 Å². The van der Waals surface area contributed by atoms with Gasteiger partial charge in [0.25, 0.3) is 5.91 Å². The topological polar surface area (TPSA) is 54.9 Å². The van der Waals surface area contributed by atoms with Crippen LogP contribution < -0.4 is 5.32 Å². The van der Waals surface area contributed by atoms with Crippen LogP contribution in [0.5, 0.6) is 0 Å². The number of fused-ring (bicyclic) bond motifs is 2. The van der Waals surface area contributed by atoms with Gasteiger partial charge in [-0.2, -0.15) is 0 Å². The van der Waals surface area contributed by atoms with Crippen LogP contribution in [0.2, 0.25) is 0 Å². The molecule has 3 aromatic carbocycles. The Morgan fingerprint density at radius 1 is 0.935 bits per heavy atom. The van der Waals surface area contributed by atoms with Gasteiger partial charge in [-0.15, -0.1) is 0 Å². The number of rotatable bonds is 3. The molecule has 4 nitrogen and oxygen atoms in total. The number of aromatic nitrogens is 2. The van der Waals surface area contributed by atoms with Crippen LogP contribution in [0.3, 0.4) is 0 Å². The van der Waals surface area contributed by atoms with E-state index in [9.17, 15) is 4.79 Å². The van der Waals surface area contributed by atoms with Gasteiger partial charge in [0.1, 0.15) is 0 Å². The van der Waals surface area contributed by atoms with E-state index in [4.69, 9.17) is 4.98 Å². The average molecular weight is 488 g/mol. The largest absolute Gasteiger partial charge is 0.298 e. The van der Waals surface area contributed by atoms with Crippen LogP contribution in [-0.2, 0) is 0 Å². The summed E-state index contributed by atoms with van der Waals surface area (Å²) in [4.78, 5) is 22.9. The second-order valence-electron chi connectivity index (χ2n) is 7.43. The molecule has 2 heterocycles. The molecule has 0 aliphatic rings. The van der Waals surface area contributed by atoms with Crippen molar-refractivity contribution in [3.63, 3.8) is 0 Å². The molecule has 1 amide bonds. The maximum absolute atomic E-state index is 13.4. The molecule has 0 saturated heterocycles. The minimum atomic E-state index is -0.178. The predicted octanol–water partition coefficient (Wildman–Crippen LogP) is 7.14. The summed E-state index contributed by atoms with van der Waals surface area (Å²) in [5.41, 5.74) is 6.13. The smallest absolute Gasteiger partial charge is 0.258 e. The van der Waals surface area contributed by atoms with E-state index in [1.54, 1.807) is 0 Å². The standard InChI is InChI=1S/C25H18BrN3OS/c1-14-7-9-16(10-8-14)23-15(2)22(18-5-3-4-6-19(18)27-23)24(30)29-25-28-20-12-11-17(26)13-21(20)31-25/h3-13H,1-2H3,(H,28,29,30). The number of aryl methyl sites for hydroxylation is 1. The van der Waals surface area contributed by atoms with E-state index >= 15 is 0 Å². The number of para-hydroxylation sites is 1. The molecule has 0 radical (unpaired) electrons. The highest BCUT2D eigenvalue weighted by atomic mass is 79.9. The highest BCUT2D eigenvalue weighted by Crippen LogP contribution is 2.32. The lowest BCUT2D eigenvalue weighted by molar-refractivity contribution is 0.102. The summed E-state index contributed by atoms with van der Waals surface area (Å²) < 4.78 is 2.00. The molecule has 0 fully saturated rings. The molecule has 0 bridgehead atoms. The van der Waals surface area contributed by atoms with Crippen molar-refractivity contribution in [1.82, 2.24) is 9.97 Å². The molecule has 31 heavy (non-hydrogen) atoms. The molecule has 2 aromatic heterocycles. The molecule has 152 valence electrons. The van der Waals surface area contributed by atoms with Crippen molar-refractivity contribution < 1.29 is 4.79 Å². The first-order valence-corrected chi connectivity index (χ1v) is 11.4. The van der Waals surface area contributed by atoms with Crippen LogP contribution in [0, 0.1) is 13.8 Å². The van der Waals surface area contributed by atoms with Gasteiger partial charge in [0.2, 0.25) is 0 Å². The van der Waals surface area contributed by atoms with Crippen molar-refractivity contribution in [2.45, 2.75) is 13.8 Å². The average Bonchev–Trinajstić information content (AvgIpc) is 3.15. The van der Waals surface area contributed by atoms with Gasteiger partial charge < -0.3 is 0 Å². The summed E-state index contributed by atoms with van der Waals surface area (Å²) in [5.74, 6) is -0.178. The number of nitrogens with one attached hydrogen (secondary N) is 1. The molecular weight excluding hydrogens is 470 g/mol. The predicted molar refractivity (Wildman–Crippen MR) is 132 cm³/mol. The Labute approximate surface area is 192 Å². The Kier molecular flexibility index (Phi) is 5.04. The van der Waals surface area contributed by atoms with Crippen molar-refractivity contribution >= 4 is 59.4 Å². The Hall–Kier alpha value is -3.09. The first-order valence-electron chi connectivity index (χ1n) is 9.83. The SMILES string of the molecule is Cc1ccc(-c2nc3ccccc3c(C(=O)Nc3nc4ccc(Br)cc4s3)c2C)cc1. The Morgan fingerprint density at radius 2 is 1.71 bits per heavy atom. The summed E-state index contributed by atoms with van der Waals surface area (Å²) in [6, 6.07) is 21.9. The summed E-state index contributed by atoms with van der Waals surface area (Å²) in [7, 11) is 0. The van der Waals surface area contributed by atoms with Crippen molar-refractivity contribution in [3.8, 4) is 11.3 Å². The first-order chi connectivity index (χ1) is 15.0. The second kappa shape index (κ2) is 7.87. The fourth-order valence-corrected chi connectivity index (χ4v) is 5.12. The second-order valence-corrected chi connectivity index (χ2v) is 9.38. The zero-order valence-electron chi connectivity index (χ0n) is 16.9. The number of nitrogens with zero attached hydrogens (tertiary/aromatic N) is 2. The summed E-state index contributed by atoms with van der Waals surface area (Å²) in [6.07, 6.45) is 0. The summed E-state index contributed by atoms with van der Waals surface area (Å²) >= 11 is 4.94. The lowest BCUT2D eigenvalue weighted by Gasteiger charge is -2.14. The molecule has 0 aliphatic carbocycles. The molecular formula is C25H18BrN3OS. The maximum atomic E-state index is 13.4. The van der Waals surface area contributed by atoms with E-state index in [-0.39, 0.29) is 5.91 Å². The van der Waals surface area contributed by atoms with Crippen LogP contribution in [0.15, 0.2) is 71.2 Å². The van der Waals surface area contributed by atoms with Gasteiger partial charge in [-0.1, -0.05) is 75.3 Å². The minimum Gasteiger partial charge on any atom is -0.298 e. The molecule has 0 aliphatic heterocycles. The first kappa shape index (κ1) is 19.8. The third-order valence-electron chi connectivity index (χ3n) is 5.26. The Bertz CT molecular complexity index is 1460. The number of hydrogen-bond acceptors (Lipinski definition) is 4. The quantitative estimate of drug-likeness (QED) is 0.294. The van der Waals surface area contributed by atoms with Crippen molar-refractivity contribution in [3.05, 3.63) is 87.9 Å². The highest BCUT2D eigenvalue weighted by Gasteiger charge is 2.20. The Balaban J connectivity index is 1.62. The van der Waals surface area contributed by atoms with E-state index in [1.807, 2.05) is 61.5 Å². The Morgan fingerprint density at radius 3 is 2.52 bits per heavy atom. The zero-order valence-corrected chi connectivity index (χ0v) is 19.3. The van der Waals surface area contributed by atoms with Gasteiger partial charge in [-0.25, -0.2) is 9.97 Å². The third kappa shape index (κ3) is 3.73. The molecule has 0 spiro atoms. The maximum Gasteiger partial charge on any atom is 0.258 e. The van der Waals surface area contributed by atoms with Crippen LogP contribution in [0.1, 0.15) is 21.5 Å². The van der Waals surface area contributed by atoms with Crippen LogP contribution in [0.25, 0.3) is 32.4 Å². The lowest BCUT2D eigenvalue weighted by atomic mass is 9.97. The zero-order chi connectivity index (χ0) is 21.5. The van der Waals surface area contributed by atoms with E-state index in [1.165, 1.54) is 16.9 Å². The minimum absolute atomic E-state index is 0.178. The van der Waals surface area contributed by atoms with E-state index in [0.717, 1.165) is 42.4 Å². The number of thiazole rings is 1. The summed E-state index contributed by atoms with van der Waals surface area (Å²) in [5, 5.41) is 4.42. The molecule has 5 aromatic rings. The van der Waals surface area contributed by atoms with E-state index < -0.39 is 0 Å². The van der Waals surface area contributed by atoms with Crippen molar-refractivity contribution in [1.29, 1.82) is 0 Å². The van der Waals surface area contributed by atoms with Gasteiger partial charge in [-0.05, 0) is 43.7 Å². The molecule has 5 rings (SSSR count). The fraction of sp³-hybridized carbons (Fsp3) is 0.0800. The molecule has 6 heteroatoms. The third-order valence-corrected chi connectivity index (χ3v) is 6.69. The van der Waals surface area contributed by atoms with Gasteiger partial charge in [0.15, 0.2) is 5.13 Å². The molecule has 0 unspecified atom stereocenters. The molecule has 0 saturated carbocycles. The van der Waals surface area contributed by atoms with Crippen LogP contribution >= 0.6 is 27.3 Å². The fourth-order valence-electron chi connectivity index (χ4n) is 3.70. The van der Waals surface area contributed by atoms with Gasteiger partial charge in [0, 0.05) is 15.4 Å². The van der Waals surface area contributed by atoms with Gasteiger partial charge in [0.05, 0.1) is 27.0 Å². The van der Waals surface area contributed by atoms with E-state index in [2.05, 4.69) is 45.3 Å². The van der Waals surface area contributed by atoms with Crippen molar-refractivity contribution in [2.75, 3.05) is 5.32 Å². The number of pyridine rings is 1. The number of benzene rings is 3. The van der Waals surface area contributed by atoms with E-state index in [0.29, 0.717) is 10.7 Å². The molecule has 1 N–H and O–H groups in total. The lowest BCUT2D eigenvalue weighted by Crippen LogP contribution is -2.15. The van der Waals surface area contributed by atoms with Crippen LogP contribution in [0.4, 0.5) is 5.13 Å². The normalized spacial score (nSPS) is 11.2. The number of carbonyl (C=O) groups excluding carboxylic acids is 1. The number of amides is 1.